The summed E-state index contributed by atoms with van der Waals surface area (Å²) < 4.78 is 26.1. The lowest BCUT2D eigenvalue weighted by atomic mass is 9.96. The van der Waals surface area contributed by atoms with Gasteiger partial charge in [-0.2, -0.15) is 0 Å². The number of benzene rings is 4. The number of fused-ring (bicyclic) bond motifs is 2. The van der Waals surface area contributed by atoms with E-state index in [0.717, 1.165) is 21.2 Å². The van der Waals surface area contributed by atoms with E-state index in [1.807, 2.05) is 97.1 Å². The largest absolute Gasteiger partial charge is 0.497 e. The number of ether oxygens (including phenoxy) is 4. The molecule has 6 aromatic rings. The molecular formula is C37H27NO6S. The number of pyridine rings is 1. The van der Waals surface area contributed by atoms with E-state index in [2.05, 4.69) is 4.98 Å². The van der Waals surface area contributed by atoms with Crippen molar-refractivity contribution in [3.05, 3.63) is 143 Å². The first kappa shape index (κ1) is 28.2. The van der Waals surface area contributed by atoms with Gasteiger partial charge in [0.15, 0.2) is 29.5 Å². The summed E-state index contributed by atoms with van der Waals surface area (Å²) in [6.07, 6.45) is 4.01. The second-order valence-corrected chi connectivity index (χ2v) is 11.4. The highest BCUT2D eigenvalue weighted by Crippen LogP contribution is 2.51. The van der Waals surface area contributed by atoms with Gasteiger partial charge in [-0.25, -0.2) is 4.79 Å². The van der Waals surface area contributed by atoms with Crippen LogP contribution < -0.4 is 18.9 Å². The van der Waals surface area contributed by atoms with Gasteiger partial charge in [-0.1, -0.05) is 60.7 Å². The number of hydrogen-bond donors (Lipinski definition) is 1. The van der Waals surface area contributed by atoms with Gasteiger partial charge in [-0.3, -0.25) is 4.98 Å². The van der Waals surface area contributed by atoms with Crippen molar-refractivity contribution in [2.24, 2.45) is 0 Å². The molecule has 0 spiro atoms. The third-order valence-electron chi connectivity index (χ3n) is 7.55. The Morgan fingerprint density at radius 2 is 1.38 bits per heavy atom. The molecule has 0 fully saturated rings. The topological polar surface area (TPSA) is 87.1 Å². The first-order valence-electron chi connectivity index (χ1n) is 14.3. The van der Waals surface area contributed by atoms with Crippen LogP contribution in [0.25, 0.3) is 21.7 Å². The van der Waals surface area contributed by atoms with E-state index in [1.54, 1.807) is 37.7 Å². The SMILES string of the molecule is COc1ccc(Oc2c(C=C(C(=O)O)c3ccncc3)sc3cc4c(cc23)OC(c2ccccc2)C(c2ccccc2)O4)cc1. The van der Waals surface area contributed by atoms with Gasteiger partial charge in [0, 0.05) is 28.5 Å². The molecule has 1 aliphatic rings. The summed E-state index contributed by atoms with van der Waals surface area (Å²) in [5.74, 6) is 1.90. The van der Waals surface area contributed by atoms with Gasteiger partial charge < -0.3 is 24.1 Å². The summed E-state index contributed by atoms with van der Waals surface area (Å²) in [6, 6.07) is 34.5. The van der Waals surface area contributed by atoms with Crippen LogP contribution in [0, 0.1) is 0 Å². The number of methoxy groups -OCH3 is 1. The maximum Gasteiger partial charge on any atom is 0.336 e. The number of carboxylic acid groups (broad SMARTS) is 1. The van der Waals surface area contributed by atoms with Crippen molar-refractivity contribution in [3.63, 3.8) is 0 Å². The molecule has 0 bridgehead atoms. The zero-order chi connectivity index (χ0) is 30.8. The van der Waals surface area contributed by atoms with Crippen LogP contribution in [0.15, 0.2) is 122 Å². The summed E-state index contributed by atoms with van der Waals surface area (Å²) in [5, 5.41) is 10.9. The lowest BCUT2D eigenvalue weighted by molar-refractivity contribution is -0.130. The molecule has 45 heavy (non-hydrogen) atoms. The van der Waals surface area contributed by atoms with E-state index >= 15 is 0 Å². The fraction of sp³-hybridized carbons (Fsp3) is 0.0811. The molecule has 7 rings (SSSR count). The first-order valence-corrected chi connectivity index (χ1v) is 15.1. The fourth-order valence-electron chi connectivity index (χ4n) is 5.35. The highest BCUT2D eigenvalue weighted by atomic mass is 32.1. The maximum atomic E-state index is 12.4. The monoisotopic (exact) mass is 613 g/mol. The molecule has 1 N–H and O–H groups in total. The van der Waals surface area contributed by atoms with Gasteiger partial charge in [0.1, 0.15) is 11.5 Å². The van der Waals surface area contributed by atoms with Crippen molar-refractivity contribution in [2.45, 2.75) is 12.2 Å². The lowest BCUT2D eigenvalue weighted by Gasteiger charge is -2.34. The molecule has 0 radical (unpaired) electrons. The van der Waals surface area contributed by atoms with Crippen LogP contribution in [0.3, 0.4) is 0 Å². The van der Waals surface area contributed by atoms with Crippen LogP contribution in [-0.4, -0.2) is 23.2 Å². The Kier molecular flexibility index (Phi) is 7.63. The number of aliphatic carboxylic acids is 1. The normalized spacial score (nSPS) is 15.9. The summed E-state index contributed by atoms with van der Waals surface area (Å²) in [6.45, 7) is 0. The lowest BCUT2D eigenvalue weighted by Crippen LogP contribution is -2.26. The molecule has 2 aromatic heterocycles. The van der Waals surface area contributed by atoms with Crippen LogP contribution in [0.2, 0.25) is 0 Å². The summed E-state index contributed by atoms with van der Waals surface area (Å²) in [7, 11) is 1.61. The van der Waals surface area contributed by atoms with Crippen molar-refractivity contribution < 1.29 is 28.8 Å². The Morgan fingerprint density at radius 3 is 1.96 bits per heavy atom. The van der Waals surface area contributed by atoms with Gasteiger partial charge in [0.05, 0.1) is 17.6 Å². The molecule has 8 heteroatoms. The van der Waals surface area contributed by atoms with Crippen molar-refractivity contribution in [1.29, 1.82) is 0 Å². The zero-order valence-electron chi connectivity index (χ0n) is 24.1. The van der Waals surface area contributed by atoms with E-state index in [-0.39, 0.29) is 11.7 Å². The van der Waals surface area contributed by atoms with Crippen molar-refractivity contribution >= 4 is 39.0 Å². The van der Waals surface area contributed by atoms with E-state index in [4.69, 9.17) is 18.9 Å². The quantitative estimate of drug-likeness (QED) is 0.171. The van der Waals surface area contributed by atoms with Gasteiger partial charge in [0.25, 0.3) is 0 Å². The van der Waals surface area contributed by atoms with Crippen LogP contribution in [0.1, 0.15) is 33.8 Å². The van der Waals surface area contributed by atoms with Crippen molar-refractivity contribution in [1.82, 2.24) is 4.98 Å². The number of carboxylic acids is 1. The van der Waals surface area contributed by atoms with E-state index in [1.165, 1.54) is 11.3 Å². The molecule has 0 saturated heterocycles. The number of hydrogen-bond acceptors (Lipinski definition) is 7. The molecule has 4 aromatic carbocycles. The summed E-state index contributed by atoms with van der Waals surface area (Å²) >= 11 is 1.42. The molecular weight excluding hydrogens is 586 g/mol. The molecule has 2 unspecified atom stereocenters. The molecule has 7 nitrogen and oxygen atoms in total. The number of rotatable bonds is 8. The second kappa shape index (κ2) is 12.2. The Morgan fingerprint density at radius 1 is 0.800 bits per heavy atom. The van der Waals surface area contributed by atoms with Crippen LogP contribution >= 0.6 is 11.3 Å². The minimum Gasteiger partial charge on any atom is -0.497 e. The Bertz CT molecular complexity index is 1990. The summed E-state index contributed by atoms with van der Waals surface area (Å²) in [4.78, 5) is 17.1. The molecule has 0 saturated carbocycles. The fourth-order valence-corrected chi connectivity index (χ4v) is 6.43. The highest BCUT2D eigenvalue weighted by Gasteiger charge is 2.35. The van der Waals surface area contributed by atoms with Crippen molar-refractivity contribution in [3.8, 4) is 28.7 Å². The minimum atomic E-state index is -1.06. The van der Waals surface area contributed by atoms with Gasteiger partial charge >= 0.3 is 5.97 Å². The molecule has 0 aliphatic carbocycles. The zero-order valence-corrected chi connectivity index (χ0v) is 24.9. The summed E-state index contributed by atoms with van der Waals surface area (Å²) in [5.41, 5.74) is 2.64. The van der Waals surface area contributed by atoms with Crippen LogP contribution in [-0.2, 0) is 4.79 Å². The highest BCUT2D eigenvalue weighted by molar-refractivity contribution is 7.20. The Balaban J connectivity index is 1.38. The Labute approximate surface area is 263 Å². The van der Waals surface area contributed by atoms with E-state index in [9.17, 15) is 9.90 Å². The van der Waals surface area contributed by atoms with Gasteiger partial charge in [-0.15, -0.1) is 11.3 Å². The molecule has 222 valence electrons. The first-order chi connectivity index (χ1) is 22.1. The standard InChI is InChI=1S/C37H27NO6S/c1-41-26-12-14-27(15-13-26)42-36-29-20-30-31(22-32(29)45-33(36)21-28(37(39)40)23-16-18-38-19-17-23)44-35(25-10-6-3-7-11-25)34(43-30)24-8-4-2-5-9-24/h2-22,34-35H,1H3,(H,39,40). The number of nitrogens with zero attached hydrogens (tertiary/aromatic N) is 1. The Hall–Kier alpha value is -5.60. The average Bonchev–Trinajstić information content (AvgIpc) is 3.42. The predicted molar refractivity (Wildman–Crippen MR) is 174 cm³/mol. The van der Waals surface area contributed by atoms with Crippen LogP contribution in [0.5, 0.6) is 28.7 Å². The number of thiophene rings is 1. The molecule has 1 aliphatic heterocycles. The smallest absolute Gasteiger partial charge is 0.336 e. The number of aromatic nitrogens is 1. The van der Waals surface area contributed by atoms with Crippen LogP contribution in [0.4, 0.5) is 0 Å². The average molecular weight is 614 g/mol. The van der Waals surface area contributed by atoms with E-state index in [0.29, 0.717) is 39.2 Å². The third-order valence-corrected chi connectivity index (χ3v) is 8.63. The number of carbonyl (C=O) groups is 1. The minimum absolute atomic E-state index is 0.120. The second-order valence-electron chi connectivity index (χ2n) is 10.4. The molecule has 3 heterocycles. The van der Waals surface area contributed by atoms with Gasteiger partial charge in [-0.05, 0) is 65.2 Å². The van der Waals surface area contributed by atoms with Gasteiger partial charge in [0.2, 0.25) is 0 Å². The van der Waals surface area contributed by atoms with Crippen molar-refractivity contribution in [2.75, 3.05) is 7.11 Å². The maximum absolute atomic E-state index is 12.4. The van der Waals surface area contributed by atoms with E-state index < -0.39 is 12.1 Å². The third kappa shape index (κ3) is 5.71. The molecule has 2 atom stereocenters. The molecule has 0 amide bonds. The predicted octanol–water partition coefficient (Wildman–Crippen LogP) is 8.98.